The third kappa shape index (κ3) is 5.70. The molecule has 1 amide bonds. The highest BCUT2D eigenvalue weighted by atomic mass is 28.3. The number of methoxy groups -OCH3 is 1. The van der Waals surface area contributed by atoms with Gasteiger partial charge in [0.2, 0.25) is 5.91 Å². The van der Waals surface area contributed by atoms with Gasteiger partial charge in [0, 0.05) is 64.6 Å². The van der Waals surface area contributed by atoms with E-state index < -0.39 is 8.07 Å². The lowest BCUT2D eigenvalue weighted by molar-refractivity contribution is -0.132. The first kappa shape index (κ1) is 25.3. The molecule has 188 valence electrons. The molecule has 1 saturated heterocycles. The average molecular weight is 495 g/mol. The Balaban J connectivity index is 1.67. The van der Waals surface area contributed by atoms with Gasteiger partial charge in [0.1, 0.15) is 18.1 Å². The number of carbonyl (C=O) groups is 1. The van der Waals surface area contributed by atoms with E-state index in [0.717, 1.165) is 59.2 Å². The molecule has 1 unspecified atom stereocenters. The van der Waals surface area contributed by atoms with Crippen LogP contribution < -0.4 is 9.64 Å². The Bertz CT molecular complexity index is 1180. The number of anilines is 1. The maximum Gasteiger partial charge on any atom is 0.227 e. The molecule has 0 radical (unpaired) electrons. The number of hydrogen-bond acceptors (Lipinski definition) is 5. The lowest BCUT2D eigenvalue weighted by Crippen LogP contribution is -2.31. The molecule has 0 bridgehead atoms. The fourth-order valence-corrected chi connectivity index (χ4v) is 5.37. The van der Waals surface area contributed by atoms with Crippen LogP contribution >= 0.6 is 0 Å². The van der Waals surface area contributed by atoms with Crippen LogP contribution in [0.15, 0.2) is 42.7 Å². The molecule has 0 saturated carbocycles. The molecule has 3 heterocycles. The predicted octanol–water partition coefficient (Wildman–Crippen LogP) is 4.94. The van der Waals surface area contributed by atoms with E-state index >= 15 is 0 Å². The fraction of sp³-hybridized carbons (Fsp3) is 0.481. The van der Waals surface area contributed by atoms with Gasteiger partial charge in [-0.2, -0.15) is 0 Å². The van der Waals surface area contributed by atoms with E-state index in [1.807, 2.05) is 38.5 Å². The number of benzene rings is 1. The van der Waals surface area contributed by atoms with Gasteiger partial charge in [0.15, 0.2) is 0 Å². The van der Waals surface area contributed by atoms with Crippen molar-refractivity contribution >= 4 is 30.7 Å². The number of aromatic nitrogens is 2. The molecule has 4 rings (SSSR count). The molecular weight excluding hydrogens is 456 g/mol. The molecule has 1 aliphatic heterocycles. The quantitative estimate of drug-likeness (QED) is 0.312. The molecule has 7 nitrogen and oxygen atoms in total. The van der Waals surface area contributed by atoms with Crippen molar-refractivity contribution in [2.24, 2.45) is 5.92 Å². The van der Waals surface area contributed by atoms with Gasteiger partial charge >= 0.3 is 0 Å². The van der Waals surface area contributed by atoms with Crippen LogP contribution in [0.4, 0.5) is 5.69 Å². The Morgan fingerprint density at radius 2 is 1.97 bits per heavy atom. The summed E-state index contributed by atoms with van der Waals surface area (Å²) in [6.45, 7) is 9.87. The van der Waals surface area contributed by atoms with Gasteiger partial charge in [0.05, 0.1) is 24.9 Å². The highest BCUT2D eigenvalue weighted by Gasteiger charge is 2.30. The summed E-state index contributed by atoms with van der Waals surface area (Å²) in [6.07, 6.45) is 4.91. The third-order valence-corrected chi connectivity index (χ3v) is 8.37. The van der Waals surface area contributed by atoms with E-state index in [9.17, 15) is 4.79 Å². The molecule has 0 N–H and O–H groups in total. The largest absolute Gasteiger partial charge is 0.496 e. The van der Waals surface area contributed by atoms with Crippen molar-refractivity contribution in [2.75, 3.05) is 45.8 Å². The number of rotatable bonds is 9. The molecule has 1 aromatic carbocycles. The summed E-state index contributed by atoms with van der Waals surface area (Å²) in [5.41, 5.74) is 4.03. The summed E-state index contributed by atoms with van der Waals surface area (Å²) in [4.78, 5) is 21.3. The van der Waals surface area contributed by atoms with Gasteiger partial charge in [0.25, 0.3) is 0 Å². The second-order valence-electron chi connectivity index (χ2n) is 10.8. The molecule has 1 atom stereocenters. The first-order chi connectivity index (χ1) is 16.7. The Kier molecular flexibility index (Phi) is 7.52. The Morgan fingerprint density at radius 3 is 2.69 bits per heavy atom. The fourth-order valence-electron chi connectivity index (χ4n) is 4.62. The molecule has 3 aromatic rings. The lowest BCUT2D eigenvalue weighted by atomic mass is 10.0. The number of pyridine rings is 1. The minimum atomic E-state index is -1.15. The zero-order valence-electron chi connectivity index (χ0n) is 21.9. The zero-order chi connectivity index (χ0) is 25.2. The van der Waals surface area contributed by atoms with Crippen LogP contribution in [0.5, 0.6) is 5.75 Å². The van der Waals surface area contributed by atoms with Gasteiger partial charge in [-0.3, -0.25) is 4.79 Å². The normalized spacial score (nSPS) is 16.2. The first-order valence-electron chi connectivity index (χ1n) is 12.3. The van der Waals surface area contributed by atoms with E-state index in [0.29, 0.717) is 13.3 Å². The minimum Gasteiger partial charge on any atom is -0.496 e. The number of hydrogen-bond donors (Lipinski definition) is 0. The van der Waals surface area contributed by atoms with Crippen LogP contribution in [0.25, 0.3) is 22.2 Å². The van der Waals surface area contributed by atoms with E-state index in [1.54, 1.807) is 12.0 Å². The number of amides is 1. The Hall–Kier alpha value is -2.84. The molecule has 2 aromatic heterocycles. The van der Waals surface area contributed by atoms with Crippen molar-refractivity contribution in [1.82, 2.24) is 14.5 Å². The van der Waals surface area contributed by atoms with Crippen LogP contribution in [0, 0.1) is 5.92 Å². The molecule has 35 heavy (non-hydrogen) atoms. The zero-order valence-corrected chi connectivity index (χ0v) is 22.9. The monoisotopic (exact) mass is 494 g/mol. The number of nitrogens with zero attached hydrogens (tertiary/aromatic N) is 4. The topological polar surface area (TPSA) is 59.8 Å². The molecule has 1 aliphatic rings. The van der Waals surface area contributed by atoms with Crippen LogP contribution in [0.3, 0.4) is 0 Å². The smallest absolute Gasteiger partial charge is 0.227 e. The van der Waals surface area contributed by atoms with E-state index in [1.165, 1.54) is 0 Å². The van der Waals surface area contributed by atoms with Gasteiger partial charge in [-0.25, -0.2) is 4.98 Å². The maximum absolute atomic E-state index is 12.5. The van der Waals surface area contributed by atoms with Crippen LogP contribution in [-0.4, -0.2) is 69.3 Å². The van der Waals surface area contributed by atoms with E-state index in [-0.39, 0.29) is 11.8 Å². The van der Waals surface area contributed by atoms with Crippen molar-refractivity contribution in [3.63, 3.8) is 0 Å². The van der Waals surface area contributed by atoms with Gasteiger partial charge < -0.3 is 23.8 Å². The van der Waals surface area contributed by atoms with Crippen LogP contribution in [-0.2, 0) is 16.3 Å². The van der Waals surface area contributed by atoms with Crippen LogP contribution in [0.1, 0.15) is 6.42 Å². The molecule has 8 heteroatoms. The highest BCUT2D eigenvalue weighted by molar-refractivity contribution is 6.76. The van der Waals surface area contributed by atoms with E-state index in [4.69, 9.17) is 14.5 Å². The summed E-state index contributed by atoms with van der Waals surface area (Å²) in [5.74, 6) is 1.05. The maximum atomic E-state index is 12.5. The Morgan fingerprint density at radius 1 is 1.20 bits per heavy atom. The lowest BCUT2D eigenvalue weighted by Gasteiger charge is -2.20. The molecular formula is C27H38N4O3Si. The third-order valence-electron chi connectivity index (χ3n) is 6.67. The second-order valence-corrected chi connectivity index (χ2v) is 16.4. The van der Waals surface area contributed by atoms with Crippen molar-refractivity contribution in [3.8, 4) is 16.9 Å². The molecule has 0 spiro atoms. The molecule has 0 aliphatic carbocycles. The second kappa shape index (κ2) is 10.4. The molecule has 1 fully saturated rings. The minimum absolute atomic E-state index is 0.0266. The number of carbonyl (C=O) groups excluding carboxylic acids is 1. The summed E-state index contributed by atoms with van der Waals surface area (Å²) in [6, 6.07) is 11.4. The number of para-hydroxylation sites is 1. The summed E-state index contributed by atoms with van der Waals surface area (Å²) >= 11 is 0. The predicted molar refractivity (Wildman–Crippen MR) is 145 cm³/mol. The summed E-state index contributed by atoms with van der Waals surface area (Å²) < 4.78 is 13.8. The SMILES string of the molecule is COc1ccccc1-c1cn(COCC[Si](C)(C)C)c2ncc(N3CCC(C(=O)N(C)C)C3)cc12. The van der Waals surface area contributed by atoms with Gasteiger partial charge in [-0.15, -0.1) is 0 Å². The first-order valence-corrected chi connectivity index (χ1v) is 16.0. The van der Waals surface area contributed by atoms with Gasteiger partial charge in [-0.05, 0) is 24.6 Å². The Labute approximate surface area is 209 Å². The van der Waals surface area contributed by atoms with Crippen molar-refractivity contribution in [2.45, 2.75) is 38.8 Å². The summed E-state index contributed by atoms with van der Waals surface area (Å²) in [5, 5.41) is 1.06. The van der Waals surface area contributed by atoms with Gasteiger partial charge in [-0.1, -0.05) is 37.8 Å². The van der Waals surface area contributed by atoms with Crippen molar-refractivity contribution in [1.29, 1.82) is 0 Å². The van der Waals surface area contributed by atoms with Crippen LogP contribution in [0.2, 0.25) is 25.7 Å². The average Bonchev–Trinajstić information content (AvgIpc) is 3.46. The number of ether oxygens (including phenoxy) is 2. The number of fused-ring (bicyclic) bond motifs is 1. The van der Waals surface area contributed by atoms with E-state index in [2.05, 4.69) is 47.4 Å². The summed E-state index contributed by atoms with van der Waals surface area (Å²) in [7, 11) is 4.20. The standard InChI is InChI=1S/C27H38N4O3Si/c1-29(2)27(32)20-11-12-30(17-20)21-15-23-24(22-9-7-8-10-25(22)33-3)18-31(26(23)28-16-21)19-34-13-14-35(4,5)6/h7-10,15-16,18,20H,11-14,17,19H2,1-6H3. The van der Waals surface area contributed by atoms with Crippen molar-refractivity contribution < 1.29 is 14.3 Å². The van der Waals surface area contributed by atoms with Crippen molar-refractivity contribution in [3.05, 3.63) is 42.7 Å². The highest BCUT2D eigenvalue weighted by Crippen LogP contribution is 2.37.